The summed E-state index contributed by atoms with van der Waals surface area (Å²) in [5, 5.41) is 9.83. The lowest BCUT2D eigenvalue weighted by atomic mass is 10.1. The molecular weight excluding hydrogens is 287 g/mol. The Labute approximate surface area is 119 Å². The Morgan fingerprint density at radius 3 is 2.62 bits per heavy atom. The van der Waals surface area contributed by atoms with Crippen LogP contribution in [-0.4, -0.2) is 34.6 Å². The molecule has 1 aromatic carbocycles. The first kappa shape index (κ1) is 15.6. The first-order valence-corrected chi connectivity index (χ1v) is 6.33. The summed E-state index contributed by atoms with van der Waals surface area (Å²) in [4.78, 5) is 13.5. The molecule has 1 atom stereocenters. The largest absolute Gasteiger partial charge is 0.418 e. The van der Waals surface area contributed by atoms with Crippen LogP contribution in [0.2, 0.25) is 0 Å². The molecule has 0 spiro atoms. The second-order valence-electron chi connectivity index (χ2n) is 5.38. The van der Waals surface area contributed by atoms with E-state index < -0.39 is 23.2 Å². The molecule has 116 valence electrons. The number of halogens is 3. The molecule has 0 aliphatic carbocycles. The van der Waals surface area contributed by atoms with Crippen LogP contribution in [-0.2, 0) is 6.18 Å². The Bertz CT molecular complexity index is 558. The van der Waals surface area contributed by atoms with E-state index in [-0.39, 0.29) is 17.8 Å². The van der Waals surface area contributed by atoms with Crippen molar-refractivity contribution in [2.24, 2.45) is 5.84 Å². The zero-order valence-corrected chi connectivity index (χ0v) is 11.4. The van der Waals surface area contributed by atoms with E-state index in [0.29, 0.717) is 13.0 Å². The zero-order chi connectivity index (χ0) is 15.8. The summed E-state index contributed by atoms with van der Waals surface area (Å²) in [7, 11) is 0. The fourth-order valence-electron chi connectivity index (χ4n) is 2.34. The molecule has 1 aromatic rings. The maximum Gasteiger partial charge on any atom is 0.418 e. The van der Waals surface area contributed by atoms with Gasteiger partial charge in [-0.2, -0.15) is 13.2 Å². The third kappa shape index (κ3) is 3.27. The van der Waals surface area contributed by atoms with E-state index in [0.717, 1.165) is 12.1 Å². The number of aliphatic hydroxyl groups is 1. The second kappa shape index (κ2) is 5.19. The van der Waals surface area contributed by atoms with Crippen molar-refractivity contribution in [3.8, 4) is 0 Å². The van der Waals surface area contributed by atoms with Crippen molar-refractivity contribution in [3.05, 3.63) is 29.3 Å². The van der Waals surface area contributed by atoms with Crippen molar-refractivity contribution >= 4 is 11.6 Å². The number of nitrogens with two attached hydrogens (primary N) is 1. The average Bonchev–Trinajstić information content (AvgIpc) is 2.76. The van der Waals surface area contributed by atoms with Gasteiger partial charge in [0.05, 0.1) is 16.9 Å². The van der Waals surface area contributed by atoms with Crippen LogP contribution in [0.5, 0.6) is 0 Å². The molecule has 4 N–H and O–H groups in total. The summed E-state index contributed by atoms with van der Waals surface area (Å²) in [6.45, 7) is 2.00. The predicted octanol–water partition coefficient (Wildman–Crippen LogP) is 1.59. The second-order valence-corrected chi connectivity index (χ2v) is 5.38. The van der Waals surface area contributed by atoms with Crippen LogP contribution in [0.25, 0.3) is 0 Å². The van der Waals surface area contributed by atoms with E-state index in [1.54, 1.807) is 6.92 Å². The summed E-state index contributed by atoms with van der Waals surface area (Å²) in [5.74, 6) is 4.51. The van der Waals surface area contributed by atoms with Crippen LogP contribution in [0, 0.1) is 0 Å². The molecule has 1 fully saturated rings. The minimum Gasteiger partial charge on any atom is -0.388 e. The Kier molecular flexibility index (Phi) is 3.85. The number of anilines is 1. The summed E-state index contributed by atoms with van der Waals surface area (Å²) in [6.07, 6.45) is -4.22. The van der Waals surface area contributed by atoms with Gasteiger partial charge in [-0.15, -0.1) is 0 Å². The molecule has 1 amide bonds. The van der Waals surface area contributed by atoms with E-state index >= 15 is 0 Å². The number of benzene rings is 1. The molecule has 1 saturated heterocycles. The number of likely N-dealkylation sites (tertiary alicyclic amines) is 1. The molecule has 0 aromatic heterocycles. The molecule has 21 heavy (non-hydrogen) atoms. The number of carbonyl (C=O) groups is 1. The zero-order valence-electron chi connectivity index (χ0n) is 11.4. The highest BCUT2D eigenvalue weighted by Gasteiger charge is 2.37. The fraction of sp³-hybridized carbons (Fsp3) is 0.462. The highest BCUT2D eigenvalue weighted by Crippen LogP contribution is 2.35. The molecule has 0 bridgehead atoms. The van der Waals surface area contributed by atoms with E-state index in [2.05, 4.69) is 0 Å². The van der Waals surface area contributed by atoms with Crippen molar-refractivity contribution in [1.29, 1.82) is 0 Å². The quantitative estimate of drug-likeness (QED) is 0.572. The minimum absolute atomic E-state index is 0.0842. The van der Waals surface area contributed by atoms with Gasteiger partial charge >= 0.3 is 6.18 Å². The molecule has 0 saturated carbocycles. The van der Waals surface area contributed by atoms with Crippen LogP contribution >= 0.6 is 0 Å². The Morgan fingerprint density at radius 2 is 2.14 bits per heavy atom. The van der Waals surface area contributed by atoms with Gasteiger partial charge in [0.2, 0.25) is 0 Å². The Morgan fingerprint density at radius 1 is 1.48 bits per heavy atom. The molecule has 1 aliphatic heterocycles. The number of rotatable bonds is 2. The van der Waals surface area contributed by atoms with Gasteiger partial charge in [0.1, 0.15) is 0 Å². The third-order valence-electron chi connectivity index (χ3n) is 3.47. The third-order valence-corrected chi connectivity index (χ3v) is 3.47. The maximum atomic E-state index is 12.9. The molecule has 8 heteroatoms. The van der Waals surface area contributed by atoms with Crippen LogP contribution in [0.3, 0.4) is 0 Å². The van der Waals surface area contributed by atoms with Crippen LogP contribution in [0.4, 0.5) is 18.9 Å². The normalized spacial score (nSPS) is 22.5. The average molecular weight is 303 g/mol. The highest BCUT2D eigenvalue weighted by atomic mass is 19.4. The topological polar surface area (TPSA) is 78.6 Å². The molecule has 1 heterocycles. The van der Waals surface area contributed by atoms with Crippen LogP contribution in [0.15, 0.2) is 18.2 Å². The van der Waals surface area contributed by atoms with Crippen LogP contribution in [0.1, 0.15) is 29.3 Å². The van der Waals surface area contributed by atoms with Crippen molar-refractivity contribution in [1.82, 2.24) is 4.90 Å². The van der Waals surface area contributed by atoms with Gasteiger partial charge in [-0.1, -0.05) is 0 Å². The fourth-order valence-corrected chi connectivity index (χ4v) is 2.34. The Hall–Kier alpha value is -1.80. The van der Waals surface area contributed by atoms with Gasteiger partial charge in [-0.25, -0.2) is 0 Å². The van der Waals surface area contributed by atoms with E-state index in [4.69, 9.17) is 5.84 Å². The number of nitrogens with zero attached hydrogens (tertiary/aromatic N) is 1. The molecule has 2 rings (SSSR count). The van der Waals surface area contributed by atoms with E-state index in [1.165, 1.54) is 11.0 Å². The number of hydrazine groups is 1. The number of β-amino-alcohol motifs (C(OH)–C–C–N with tert-alkyl or cyclic N) is 1. The van der Waals surface area contributed by atoms with Gasteiger partial charge < -0.3 is 15.4 Å². The summed E-state index contributed by atoms with van der Waals surface area (Å²) in [5.41, 5.74) is -0.414. The predicted molar refractivity (Wildman–Crippen MR) is 70.4 cm³/mol. The maximum absolute atomic E-state index is 12.9. The van der Waals surface area contributed by atoms with Gasteiger partial charge in [0.15, 0.2) is 0 Å². The number of amides is 1. The van der Waals surface area contributed by atoms with Gasteiger partial charge in [0, 0.05) is 18.7 Å². The standard InChI is InChI=1S/C13H16F3N3O2/c1-12(21)4-5-19(7-12)11(20)8-2-3-10(18-17)9(6-8)13(14,15)16/h2-3,6,18,21H,4-5,7,17H2,1H3. The summed E-state index contributed by atoms with van der Waals surface area (Å²) < 4.78 is 38.8. The van der Waals surface area contributed by atoms with E-state index in [1.807, 2.05) is 5.43 Å². The lowest BCUT2D eigenvalue weighted by molar-refractivity contribution is -0.137. The van der Waals surface area contributed by atoms with E-state index in [9.17, 15) is 23.1 Å². The minimum atomic E-state index is -4.62. The molecule has 1 aliphatic rings. The molecule has 0 radical (unpaired) electrons. The first-order chi connectivity index (χ1) is 9.64. The number of nitrogen functional groups attached to an aromatic ring is 1. The molecule has 5 nitrogen and oxygen atoms in total. The van der Waals surface area contributed by atoms with Crippen molar-refractivity contribution in [2.45, 2.75) is 25.1 Å². The lowest BCUT2D eigenvalue weighted by Gasteiger charge is -2.20. The molecular formula is C13H16F3N3O2. The number of nitrogens with one attached hydrogen (secondary N) is 1. The summed E-state index contributed by atoms with van der Waals surface area (Å²) in [6, 6.07) is 3.16. The van der Waals surface area contributed by atoms with Crippen molar-refractivity contribution < 1.29 is 23.1 Å². The molecule has 1 unspecified atom stereocenters. The van der Waals surface area contributed by atoms with Gasteiger partial charge in [-0.05, 0) is 31.5 Å². The number of carbonyl (C=O) groups excluding carboxylic acids is 1. The van der Waals surface area contributed by atoms with Crippen molar-refractivity contribution in [2.75, 3.05) is 18.5 Å². The Balaban J connectivity index is 2.31. The number of alkyl halides is 3. The lowest BCUT2D eigenvalue weighted by Crippen LogP contribution is -2.34. The number of hydrogen-bond donors (Lipinski definition) is 3. The SMILES string of the molecule is CC1(O)CCN(C(=O)c2ccc(NN)c(C(F)(F)F)c2)C1. The van der Waals surface area contributed by atoms with Gasteiger partial charge in [-0.3, -0.25) is 10.6 Å². The van der Waals surface area contributed by atoms with Gasteiger partial charge in [0.25, 0.3) is 5.91 Å². The first-order valence-electron chi connectivity index (χ1n) is 6.33. The number of hydrogen-bond acceptors (Lipinski definition) is 4. The smallest absolute Gasteiger partial charge is 0.388 e. The highest BCUT2D eigenvalue weighted by molar-refractivity contribution is 5.95. The van der Waals surface area contributed by atoms with Crippen molar-refractivity contribution in [3.63, 3.8) is 0 Å². The monoisotopic (exact) mass is 303 g/mol. The summed E-state index contributed by atoms with van der Waals surface area (Å²) >= 11 is 0. The van der Waals surface area contributed by atoms with Crippen LogP contribution < -0.4 is 11.3 Å².